The van der Waals surface area contributed by atoms with Gasteiger partial charge in [0.15, 0.2) is 34.9 Å². The van der Waals surface area contributed by atoms with E-state index in [4.69, 9.17) is 38.7 Å². The molecule has 90 heavy (non-hydrogen) atoms. The number of furan rings is 2. The van der Waals surface area contributed by atoms with Crippen LogP contribution in [0.25, 0.3) is 167 Å². The van der Waals surface area contributed by atoms with E-state index < -0.39 is 0 Å². The number of nitrogens with zero attached hydrogens (tertiary/aromatic N) is 6. The quantitative estimate of drug-likeness (QED) is 0.141. The third-order valence-corrected chi connectivity index (χ3v) is 16.2. The molecule has 4 heterocycles. The monoisotopic (exact) mass is 1160 g/mol. The molecule has 8 heteroatoms. The maximum absolute atomic E-state index is 6.16. The molecule has 0 unspecified atom stereocenters. The molecule has 428 valence electrons. The lowest BCUT2D eigenvalue weighted by atomic mass is 9.95. The van der Waals surface area contributed by atoms with Crippen molar-refractivity contribution in [1.29, 1.82) is 0 Å². The van der Waals surface area contributed by atoms with Crippen LogP contribution < -0.4 is 0 Å². The molecule has 0 bridgehead atoms. The Hall–Kier alpha value is -12.0. The van der Waals surface area contributed by atoms with Crippen LogP contribution in [0, 0.1) is 0 Å². The maximum atomic E-state index is 6.16. The number of rotatable bonds is 9. The summed E-state index contributed by atoms with van der Waals surface area (Å²) in [5, 5.41) is 9.16. The first-order valence-corrected chi connectivity index (χ1v) is 29.3. The fourth-order valence-corrected chi connectivity index (χ4v) is 11.8. The number of hydrogen-bond donors (Lipinski definition) is 0. The summed E-state index contributed by atoms with van der Waals surface area (Å²) in [6.45, 7) is 0. The van der Waals surface area contributed by atoms with Crippen LogP contribution >= 0.6 is 0 Å². The van der Waals surface area contributed by atoms with E-state index in [0.717, 1.165) is 121 Å². The first-order chi connectivity index (χ1) is 43.5. The minimum Gasteiger partial charge on any atom is -0.456 e. The van der Waals surface area contributed by atoms with Crippen LogP contribution in [0.15, 0.2) is 312 Å². The van der Waals surface area contributed by atoms with Crippen LogP contribution in [0.2, 0.25) is 0 Å². The Labute approximate surface area is 521 Å². The van der Waals surface area contributed by atoms with E-state index in [0.29, 0.717) is 34.9 Å². The van der Waals surface area contributed by atoms with E-state index in [2.05, 4.69) is 206 Å². The molecule has 0 N–H and O–H groups in total. The van der Waals surface area contributed by atoms with E-state index in [1.165, 1.54) is 10.8 Å². The molecule has 0 aliphatic rings. The summed E-state index contributed by atoms with van der Waals surface area (Å²) in [5.74, 6) is 3.87. The number of para-hydroxylation sites is 2. The van der Waals surface area contributed by atoms with Crippen molar-refractivity contribution in [3.63, 3.8) is 0 Å². The van der Waals surface area contributed by atoms with Crippen molar-refractivity contribution >= 4 is 65.4 Å². The molecule has 0 saturated heterocycles. The molecular weight excluding hydrogens is 1100 g/mol. The molecule has 8 nitrogen and oxygen atoms in total. The van der Waals surface area contributed by atoms with E-state index >= 15 is 0 Å². The van der Waals surface area contributed by atoms with Gasteiger partial charge in [0.2, 0.25) is 0 Å². The van der Waals surface area contributed by atoms with Gasteiger partial charge in [-0.25, -0.2) is 29.9 Å². The Kier molecular flexibility index (Phi) is 14.9. The van der Waals surface area contributed by atoms with Gasteiger partial charge in [0.05, 0.1) is 0 Å². The first kappa shape index (κ1) is 55.8. The highest BCUT2D eigenvalue weighted by molar-refractivity contribution is 6.12. The number of benzene rings is 13. The Morgan fingerprint density at radius 3 is 1.11 bits per heavy atom. The second kappa shape index (κ2) is 24.0. The van der Waals surface area contributed by atoms with Crippen molar-refractivity contribution in [2.75, 3.05) is 0 Å². The Balaban J connectivity index is 0.000000154. The van der Waals surface area contributed by atoms with Crippen LogP contribution in [0.3, 0.4) is 0 Å². The summed E-state index contributed by atoms with van der Waals surface area (Å²) in [7, 11) is 0. The third kappa shape index (κ3) is 10.8. The summed E-state index contributed by atoms with van der Waals surface area (Å²) in [6.07, 6.45) is 0. The van der Waals surface area contributed by atoms with E-state index in [1.54, 1.807) is 0 Å². The van der Waals surface area contributed by atoms with Gasteiger partial charge in [0, 0.05) is 54.9 Å². The lowest BCUT2D eigenvalue weighted by Crippen LogP contribution is -2.00. The molecule has 0 aliphatic carbocycles. The summed E-state index contributed by atoms with van der Waals surface area (Å²) in [4.78, 5) is 29.7. The minimum atomic E-state index is 0. The topological polar surface area (TPSA) is 104 Å². The average Bonchev–Trinajstić information content (AvgIpc) is 2.46. The zero-order valence-electron chi connectivity index (χ0n) is 47.4. The van der Waals surface area contributed by atoms with E-state index in [9.17, 15) is 0 Å². The van der Waals surface area contributed by atoms with Gasteiger partial charge in [-0.05, 0) is 110 Å². The number of fused-ring (bicyclic) bond motifs is 8. The minimum absolute atomic E-state index is 0. The molecule has 0 fully saturated rings. The lowest BCUT2D eigenvalue weighted by Gasteiger charge is -2.11. The fourth-order valence-electron chi connectivity index (χ4n) is 11.8. The van der Waals surface area contributed by atoms with Crippen molar-refractivity contribution in [2.45, 2.75) is 14.9 Å². The van der Waals surface area contributed by atoms with Gasteiger partial charge in [-0.3, -0.25) is 0 Å². The van der Waals surface area contributed by atoms with Crippen molar-refractivity contribution in [2.24, 2.45) is 0 Å². The van der Waals surface area contributed by atoms with Crippen molar-refractivity contribution < 1.29 is 8.83 Å². The van der Waals surface area contributed by atoms with Gasteiger partial charge < -0.3 is 8.83 Å². The highest BCUT2D eigenvalue weighted by Gasteiger charge is 2.18. The zero-order valence-corrected chi connectivity index (χ0v) is 47.4. The average molecular weight is 1160 g/mol. The van der Waals surface area contributed by atoms with Gasteiger partial charge in [-0.2, -0.15) is 0 Å². The van der Waals surface area contributed by atoms with Gasteiger partial charge in [0.1, 0.15) is 22.3 Å². The fraction of sp³-hybridized carbons (Fsp3) is 0.0244. The summed E-state index contributed by atoms with van der Waals surface area (Å²) < 4.78 is 12.2. The summed E-state index contributed by atoms with van der Waals surface area (Å²) in [6, 6.07) is 104. The molecule has 0 saturated carbocycles. The summed E-state index contributed by atoms with van der Waals surface area (Å²) in [5.41, 5.74) is 16.0. The first-order valence-electron chi connectivity index (χ1n) is 29.3. The van der Waals surface area contributed by atoms with Crippen molar-refractivity contribution in [3.8, 4) is 102 Å². The van der Waals surface area contributed by atoms with Crippen molar-refractivity contribution in [3.05, 3.63) is 303 Å². The van der Waals surface area contributed by atoms with Gasteiger partial charge in [-0.15, -0.1) is 0 Å². The highest BCUT2D eigenvalue weighted by atomic mass is 16.3. The molecule has 0 amide bonds. The molecule has 0 atom stereocenters. The van der Waals surface area contributed by atoms with Gasteiger partial charge in [0.25, 0.3) is 0 Å². The van der Waals surface area contributed by atoms with E-state index in [1.807, 2.05) is 97.1 Å². The zero-order chi connectivity index (χ0) is 58.3. The normalized spacial score (nSPS) is 11.2. The third-order valence-electron chi connectivity index (χ3n) is 16.2. The van der Waals surface area contributed by atoms with E-state index in [-0.39, 0.29) is 14.9 Å². The smallest absolute Gasteiger partial charge is 0.164 e. The standard InChI is InChI=1S/C41H25N3O.C39H25N3O.2CH4/c1-3-9-30-23-33(19-15-26(30)7-1)40-42-39(43-41(44-40)34-20-16-27-8-2-4-10-31(27)24-34)29-17-13-28(14-18-29)32-21-22-38-36(25-32)35-11-5-6-12-37(35)45-38;1-3-12-26(13-4-1)37-40-38(27-14-5-2-6-15-27)42-39(41-37)31-19-10-17-29(25-31)28-16-9-18-30(24-28)32-21-11-23-35-36(32)33-20-7-8-22-34(33)43-35;;/h1-25H;1-25H;2*1H4. The number of aromatic nitrogens is 6. The molecular formula is C82H58N6O2. The van der Waals surface area contributed by atoms with Crippen LogP contribution in [-0.2, 0) is 0 Å². The largest absolute Gasteiger partial charge is 0.456 e. The molecule has 17 aromatic rings. The maximum Gasteiger partial charge on any atom is 0.164 e. The molecule has 13 aromatic carbocycles. The SMILES string of the molecule is C.C.c1ccc(-c2nc(-c3ccccc3)nc(-c3cccc(-c4cccc(-c5cccc6oc7ccccc7c56)c4)c3)n2)cc1.c1ccc2cc(-c3nc(-c4ccc(-c5ccc6oc7ccccc7c6c5)cc4)nc(-c4ccc5ccccc5c4)n3)ccc2c1. The molecule has 0 spiro atoms. The second-order valence-electron chi connectivity index (χ2n) is 21.8. The Bertz CT molecular complexity index is 5310. The number of hydrogen-bond acceptors (Lipinski definition) is 8. The van der Waals surface area contributed by atoms with Crippen LogP contribution in [0.4, 0.5) is 0 Å². The second-order valence-corrected chi connectivity index (χ2v) is 21.8. The molecule has 17 rings (SSSR count). The Morgan fingerprint density at radius 1 is 0.189 bits per heavy atom. The van der Waals surface area contributed by atoms with Crippen LogP contribution in [0.5, 0.6) is 0 Å². The van der Waals surface area contributed by atoms with Crippen molar-refractivity contribution in [1.82, 2.24) is 29.9 Å². The predicted octanol–water partition coefficient (Wildman–Crippen LogP) is 22.1. The predicted molar refractivity (Wildman–Crippen MR) is 372 cm³/mol. The van der Waals surface area contributed by atoms with Crippen LogP contribution in [0.1, 0.15) is 14.9 Å². The molecule has 4 aromatic heterocycles. The summed E-state index contributed by atoms with van der Waals surface area (Å²) >= 11 is 0. The van der Waals surface area contributed by atoms with Gasteiger partial charge in [-0.1, -0.05) is 264 Å². The molecule has 0 radical (unpaired) electrons. The van der Waals surface area contributed by atoms with Crippen LogP contribution in [-0.4, -0.2) is 29.9 Å². The van der Waals surface area contributed by atoms with Gasteiger partial charge >= 0.3 is 0 Å². The highest BCUT2D eigenvalue weighted by Crippen LogP contribution is 2.39. The molecule has 0 aliphatic heterocycles. The lowest BCUT2D eigenvalue weighted by molar-refractivity contribution is 0.668. The Morgan fingerprint density at radius 2 is 0.533 bits per heavy atom.